The number of nitrogens with zero attached hydrogens (tertiary/aromatic N) is 2. The highest BCUT2D eigenvalue weighted by Crippen LogP contribution is 2.32. The maximum absolute atomic E-state index is 12.3. The van der Waals surface area contributed by atoms with Crippen LogP contribution in [0.3, 0.4) is 0 Å². The first-order valence-corrected chi connectivity index (χ1v) is 8.45. The molecule has 0 atom stereocenters. The zero-order valence-corrected chi connectivity index (χ0v) is 14.4. The molecule has 0 radical (unpaired) electrons. The van der Waals surface area contributed by atoms with Gasteiger partial charge in [0, 0.05) is 30.9 Å². The smallest absolute Gasteiger partial charge is 0.251 e. The lowest BCUT2D eigenvalue weighted by atomic mass is 10.1. The van der Waals surface area contributed by atoms with Crippen LogP contribution in [0.1, 0.15) is 15.9 Å². The van der Waals surface area contributed by atoms with Gasteiger partial charge in [0.15, 0.2) is 11.5 Å². The van der Waals surface area contributed by atoms with Gasteiger partial charge in [-0.25, -0.2) is 0 Å². The highest BCUT2D eigenvalue weighted by Gasteiger charge is 2.15. The third kappa shape index (κ3) is 3.39. The van der Waals surface area contributed by atoms with Gasteiger partial charge in [0.2, 0.25) is 6.79 Å². The number of amides is 1. The van der Waals surface area contributed by atoms with Gasteiger partial charge in [-0.3, -0.25) is 9.48 Å². The number of fused-ring (bicyclic) bond motifs is 1. The summed E-state index contributed by atoms with van der Waals surface area (Å²) in [5.74, 6) is 1.18. The standard InChI is InChI=1S/C20H19N3O3/c1-23-12-17(11-22-23)15-4-2-14(3-5-15)8-9-21-20(24)16-6-7-18-19(10-16)26-13-25-18/h2-7,10-12H,8-9,13H2,1H3,(H,21,24). The van der Waals surface area contributed by atoms with Crippen LogP contribution in [-0.4, -0.2) is 29.0 Å². The van der Waals surface area contributed by atoms with Crippen molar-refractivity contribution in [3.63, 3.8) is 0 Å². The maximum atomic E-state index is 12.3. The Bertz CT molecular complexity index is 932. The molecule has 0 saturated heterocycles. The van der Waals surface area contributed by atoms with Crippen molar-refractivity contribution in [2.75, 3.05) is 13.3 Å². The molecule has 6 nitrogen and oxygen atoms in total. The third-order valence-electron chi connectivity index (χ3n) is 4.33. The Morgan fingerprint density at radius 3 is 2.69 bits per heavy atom. The second kappa shape index (κ2) is 6.92. The van der Waals surface area contributed by atoms with Gasteiger partial charge in [0.1, 0.15) is 0 Å². The van der Waals surface area contributed by atoms with Crippen LogP contribution >= 0.6 is 0 Å². The van der Waals surface area contributed by atoms with Gasteiger partial charge >= 0.3 is 0 Å². The molecule has 0 fully saturated rings. The number of carbonyl (C=O) groups is 1. The van der Waals surface area contributed by atoms with Crippen molar-refractivity contribution in [3.8, 4) is 22.6 Å². The molecule has 1 amide bonds. The van der Waals surface area contributed by atoms with E-state index in [0.717, 1.165) is 17.5 Å². The van der Waals surface area contributed by atoms with Gasteiger partial charge in [-0.05, 0) is 35.7 Å². The van der Waals surface area contributed by atoms with Crippen molar-refractivity contribution < 1.29 is 14.3 Å². The minimum absolute atomic E-state index is 0.115. The number of hydrogen-bond donors (Lipinski definition) is 1. The van der Waals surface area contributed by atoms with E-state index in [1.54, 1.807) is 22.9 Å². The van der Waals surface area contributed by atoms with Crippen molar-refractivity contribution in [1.82, 2.24) is 15.1 Å². The summed E-state index contributed by atoms with van der Waals surface area (Å²) in [4.78, 5) is 12.3. The number of benzene rings is 2. The summed E-state index contributed by atoms with van der Waals surface area (Å²) in [5, 5.41) is 7.13. The molecule has 0 saturated carbocycles. The van der Waals surface area contributed by atoms with Gasteiger partial charge in [-0.1, -0.05) is 24.3 Å². The second-order valence-electron chi connectivity index (χ2n) is 6.17. The molecule has 0 spiro atoms. The zero-order chi connectivity index (χ0) is 17.9. The normalized spacial score (nSPS) is 12.2. The SMILES string of the molecule is Cn1cc(-c2ccc(CCNC(=O)c3ccc4c(c3)OCO4)cc2)cn1. The average Bonchev–Trinajstić information content (AvgIpc) is 3.30. The van der Waals surface area contributed by atoms with Crippen molar-refractivity contribution in [2.45, 2.75) is 6.42 Å². The van der Waals surface area contributed by atoms with E-state index < -0.39 is 0 Å². The fourth-order valence-electron chi connectivity index (χ4n) is 2.89. The molecule has 4 rings (SSSR count). The van der Waals surface area contributed by atoms with E-state index in [1.165, 1.54) is 5.56 Å². The molecule has 1 N–H and O–H groups in total. The fourth-order valence-corrected chi connectivity index (χ4v) is 2.89. The lowest BCUT2D eigenvalue weighted by Gasteiger charge is -2.07. The minimum Gasteiger partial charge on any atom is -0.454 e. The summed E-state index contributed by atoms with van der Waals surface area (Å²) in [6, 6.07) is 13.5. The van der Waals surface area contributed by atoms with Crippen LogP contribution in [0.5, 0.6) is 11.5 Å². The van der Waals surface area contributed by atoms with Gasteiger partial charge in [0.05, 0.1) is 6.20 Å². The van der Waals surface area contributed by atoms with Crippen LogP contribution in [0.15, 0.2) is 54.9 Å². The number of ether oxygens (including phenoxy) is 2. The molecule has 132 valence electrons. The number of hydrogen-bond acceptors (Lipinski definition) is 4. The van der Waals surface area contributed by atoms with Gasteiger partial charge in [-0.15, -0.1) is 0 Å². The molecule has 0 aliphatic carbocycles. The highest BCUT2D eigenvalue weighted by atomic mass is 16.7. The Morgan fingerprint density at radius 1 is 1.12 bits per heavy atom. The topological polar surface area (TPSA) is 65.4 Å². The molecule has 6 heteroatoms. The molecular weight excluding hydrogens is 330 g/mol. The Kier molecular flexibility index (Phi) is 4.31. The van der Waals surface area contributed by atoms with Crippen LogP contribution in [0.25, 0.3) is 11.1 Å². The van der Waals surface area contributed by atoms with Gasteiger partial charge in [0.25, 0.3) is 5.91 Å². The highest BCUT2D eigenvalue weighted by molar-refractivity contribution is 5.94. The van der Waals surface area contributed by atoms with Crippen molar-refractivity contribution in [3.05, 3.63) is 66.0 Å². The van der Waals surface area contributed by atoms with E-state index >= 15 is 0 Å². The van der Waals surface area contributed by atoms with Gasteiger partial charge < -0.3 is 14.8 Å². The molecule has 1 aromatic heterocycles. The zero-order valence-electron chi connectivity index (χ0n) is 14.4. The van der Waals surface area contributed by atoms with E-state index in [0.29, 0.717) is 23.6 Å². The van der Waals surface area contributed by atoms with E-state index in [4.69, 9.17) is 9.47 Å². The Morgan fingerprint density at radius 2 is 1.92 bits per heavy atom. The Hall–Kier alpha value is -3.28. The van der Waals surface area contributed by atoms with Crippen LogP contribution in [0.2, 0.25) is 0 Å². The molecule has 2 heterocycles. The number of carbonyl (C=O) groups excluding carboxylic acids is 1. The lowest BCUT2D eigenvalue weighted by molar-refractivity contribution is 0.0953. The summed E-state index contributed by atoms with van der Waals surface area (Å²) in [6.07, 6.45) is 4.60. The predicted octanol–water partition coefficient (Wildman–Crippen LogP) is 2.79. The summed E-state index contributed by atoms with van der Waals surface area (Å²) >= 11 is 0. The predicted molar refractivity (Wildman–Crippen MR) is 97.2 cm³/mol. The first-order valence-electron chi connectivity index (χ1n) is 8.45. The second-order valence-corrected chi connectivity index (χ2v) is 6.17. The quantitative estimate of drug-likeness (QED) is 0.769. The summed E-state index contributed by atoms with van der Waals surface area (Å²) in [5.41, 5.74) is 3.96. The van der Waals surface area contributed by atoms with Crippen molar-refractivity contribution in [1.29, 1.82) is 0 Å². The lowest BCUT2D eigenvalue weighted by Crippen LogP contribution is -2.25. The Balaban J connectivity index is 1.32. The average molecular weight is 349 g/mol. The molecule has 1 aliphatic rings. The number of rotatable bonds is 5. The van der Waals surface area contributed by atoms with Crippen LogP contribution < -0.4 is 14.8 Å². The molecule has 1 aliphatic heterocycles. The van der Waals surface area contributed by atoms with Crippen LogP contribution in [0, 0.1) is 0 Å². The maximum Gasteiger partial charge on any atom is 0.251 e. The first-order chi connectivity index (χ1) is 12.7. The van der Waals surface area contributed by atoms with Crippen LogP contribution in [-0.2, 0) is 13.5 Å². The van der Waals surface area contributed by atoms with E-state index in [2.05, 4.69) is 34.7 Å². The monoisotopic (exact) mass is 349 g/mol. The van der Waals surface area contributed by atoms with E-state index in [1.807, 2.05) is 19.4 Å². The minimum atomic E-state index is -0.115. The number of aryl methyl sites for hydroxylation is 1. The van der Waals surface area contributed by atoms with Crippen molar-refractivity contribution in [2.24, 2.45) is 7.05 Å². The first kappa shape index (κ1) is 16.2. The summed E-state index contributed by atoms with van der Waals surface area (Å²) in [6.45, 7) is 0.773. The molecular formula is C20H19N3O3. The molecule has 26 heavy (non-hydrogen) atoms. The van der Waals surface area contributed by atoms with Gasteiger partial charge in [-0.2, -0.15) is 5.10 Å². The molecule has 3 aromatic rings. The Labute approximate surface area is 151 Å². The molecule has 0 unspecified atom stereocenters. The number of aromatic nitrogens is 2. The summed E-state index contributed by atoms with van der Waals surface area (Å²) in [7, 11) is 1.90. The third-order valence-corrected chi connectivity index (χ3v) is 4.33. The molecule has 2 aromatic carbocycles. The van der Waals surface area contributed by atoms with Crippen LogP contribution in [0.4, 0.5) is 0 Å². The number of nitrogens with one attached hydrogen (secondary N) is 1. The van der Waals surface area contributed by atoms with Crippen molar-refractivity contribution >= 4 is 5.91 Å². The largest absolute Gasteiger partial charge is 0.454 e. The van der Waals surface area contributed by atoms with E-state index in [9.17, 15) is 4.79 Å². The molecule has 0 bridgehead atoms. The van der Waals surface area contributed by atoms with E-state index in [-0.39, 0.29) is 12.7 Å². The fraction of sp³-hybridized carbons (Fsp3) is 0.200. The summed E-state index contributed by atoms with van der Waals surface area (Å²) < 4.78 is 12.3.